The molecule has 1 amide bonds. The lowest BCUT2D eigenvalue weighted by Gasteiger charge is -2.23. The fraction of sp³-hybridized carbons (Fsp3) is 0.333. The largest absolute Gasteiger partial charge is 0.451 e. The molecule has 0 spiro atoms. The summed E-state index contributed by atoms with van der Waals surface area (Å²) in [6.45, 7) is 1.74. The van der Waals surface area contributed by atoms with E-state index in [9.17, 15) is 9.59 Å². The molecule has 5 nitrogen and oxygen atoms in total. The molecule has 2 heterocycles. The number of benzene rings is 1. The average Bonchev–Trinajstić information content (AvgIpc) is 2.48. The zero-order valence-corrected chi connectivity index (χ0v) is 11.0. The first-order valence-electron chi connectivity index (χ1n) is 6.78. The minimum absolute atomic E-state index is 0.0688. The molecule has 5 heteroatoms. The highest BCUT2D eigenvalue weighted by Crippen LogP contribution is 2.12. The number of fused-ring (bicyclic) bond motifs is 1. The van der Waals surface area contributed by atoms with Gasteiger partial charge < -0.3 is 15.1 Å². The average molecular weight is 272 g/mol. The maximum atomic E-state index is 12.1. The minimum atomic E-state index is -0.332. The van der Waals surface area contributed by atoms with Crippen LogP contribution in [-0.4, -0.2) is 25.0 Å². The maximum absolute atomic E-state index is 12.1. The Morgan fingerprint density at radius 2 is 2.20 bits per heavy atom. The Kier molecular flexibility index (Phi) is 3.52. The first kappa shape index (κ1) is 12.9. The van der Waals surface area contributed by atoms with Crippen LogP contribution in [0.25, 0.3) is 11.0 Å². The summed E-state index contributed by atoms with van der Waals surface area (Å²) < 4.78 is 5.51. The van der Waals surface area contributed by atoms with Gasteiger partial charge in [-0.05, 0) is 31.5 Å². The van der Waals surface area contributed by atoms with Crippen LogP contribution in [0.15, 0.2) is 39.5 Å². The fourth-order valence-corrected chi connectivity index (χ4v) is 2.45. The van der Waals surface area contributed by atoms with Crippen LogP contribution in [0.3, 0.4) is 0 Å². The fourth-order valence-electron chi connectivity index (χ4n) is 2.45. The Bertz CT molecular complexity index is 687. The number of carbonyl (C=O) groups excluding carboxylic acids is 1. The normalized spacial score (nSPS) is 18.9. The van der Waals surface area contributed by atoms with Gasteiger partial charge in [-0.1, -0.05) is 12.1 Å². The second-order valence-corrected chi connectivity index (χ2v) is 4.99. The van der Waals surface area contributed by atoms with Crippen LogP contribution >= 0.6 is 0 Å². The number of amides is 1. The lowest BCUT2D eigenvalue weighted by molar-refractivity contribution is 0.0903. The van der Waals surface area contributed by atoms with E-state index in [1.807, 2.05) is 0 Å². The number of carbonyl (C=O) groups is 1. The van der Waals surface area contributed by atoms with Crippen molar-refractivity contribution >= 4 is 16.9 Å². The van der Waals surface area contributed by atoms with Gasteiger partial charge in [-0.2, -0.15) is 0 Å². The highest BCUT2D eigenvalue weighted by molar-refractivity contribution is 5.93. The van der Waals surface area contributed by atoms with Gasteiger partial charge in [-0.25, -0.2) is 0 Å². The smallest absolute Gasteiger partial charge is 0.287 e. The van der Waals surface area contributed by atoms with Crippen LogP contribution in [0.2, 0.25) is 0 Å². The van der Waals surface area contributed by atoms with Crippen molar-refractivity contribution in [2.45, 2.75) is 18.9 Å². The van der Waals surface area contributed by atoms with Crippen molar-refractivity contribution in [1.29, 1.82) is 0 Å². The third-order valence-corrected chi connectivity index (χ3v) is 3.49. The maximum Gasteiger partial charge on any atom is 0.287 e. The van der Waals surface area contributed by atoms with Gasteiger partial charge in [0.15, 0.2) is 11.2 Å². The van der Waals surface area contributed by atoms with Crippen LogP contribution in [0, 0.1) is 0 Å². The first-order valence-corrected chi connectivity index (χ1v) is 6.78. The van der Waals surface area contributed by atoms with E-state index in [1.165, 1.54) is 6.07 Å². The van der Waals surface area contributed by atoms with E-state index in [0.29, 0.717) is 11.0 Å². The molecule has 1 aliphatic heterocycles. The standard InChI is InChI=1S/C15H16N2O3/c18-12-8-14(20-13-6-2-1-5-11(12)13)15(19)17-10-4-3-7-16-9-10/h1-2,5-6,8,10,16H,3-4,7,9H2,(H,17,19)/t10-/m0/s1. The number of hydrogen-bond acceptors (Lipinski definition) is 4. The molecule has 1 aromatic heterocycles. The lowest BCUT2D eigenvalue weighted by Crippen LogP contribution is -2.45. The molecule has 0 unspecified atom stereocenters. The Morgan fingerprint density at radius 3 is 3.00 bits per heavy atom. The summed E-state index contributed by atoms with van der Waals surface area (Å²) in [5.74, 6) is -0.263. The zero-order chi connectivity index (χ0) is 13.9. The Labute approximate surface area is 116 Å². The lowest BCUT2D eigenvalue weighted by atomic mass is 10.1. The molecule has 1 aliphatic rings. The zero-order valence-electron chi connectivity index (χ0n) is 11.0. The van der Waals surface area contributed by atoms with Crippen molar-refractivity contribution < 1.29 is 9.21 Å². The highest BCUT2D eigenvalue weighted by Gasteiger charge is 2.18. The van der Waals surface area contributed by atoms with E-state index in [-0.39, 0.29) is 23.1 Å². The molecule has 20 heavy (non-hydrogen) atoms. The quantitative estimate of drug-likeness (QED) is 0.863. The summed E-state index contributed by atoms with van der Waals surface area (Å²) in [7, 11) is 0. The predicted molar refractivity (Wildman–Crippen MR) is 75.8 cm³/mol. The molecule has 2 aromatic rings. The summed E-state index contributed by atoms with van der Waals surface area (Å²) in [6, 6.07) is 8.27. The number of hydrogen-bond donors (Lipinski definition) is 2. The van der Waals surface area contributed by atoms with Gasteiger partial charge >= 0.3 is 0 Å². The summed E-state index contributed by atoms with van der Waals surface area (Å²) in [5, 5.41) is 6.61. The van der Waals surface area contributed by atoms with Gasteiger partial charge in [-0.15, -0.1) is 0 Å². The van der Waals surface area contributed by atoms with Crippen molar-refractivity contribution in [1.82, 2.24) is 10.6 Å². The second kappa shape index (κ2) is 5.46. The van der Waals surface area contributed by atoms with Crippen molar-refractivity contribution in [2.75, 3.05) is 13.1 Å². The molecule has 1 saturated heterocycles. The van der Waals surface area contributed by atoms with E-state index < -0.39 is 0 Å². The van der Waals surface area contributed by atoms with Gasteiger partial charge in [0.05, 0.1) is 5.39 Å². The molecular formula is C15H16N2O3. The predicted octanol–water partition coefficient (Wildman–Crippen LogP) is 1.27. The highest BCUT2D eigenvalue weighted by atomic mass is 16.3. The molecule has 1 atom stereocenters. The van der Waals surface area contributed by atoms with Gasteiger partial charge in [0, 0.05) is 18.7 Å². The molecule has 0 bridgehead atoms. The van der Waals surface area contributed by atoms with E-state index >= 15 is 0 Å². The van der Waals surface area contributed by atoms with Crippen LogP contribution in [0.5, 0.6) is 0 Å². The number of para-hydroxylation sites is 1. The monoisotopic (exact) mass is 272 g/mol. The van der Waals surface area contributed by atoms with Crippen molar-refractivity contribution in [3.8, 4) is 0 Å². The molecule has 0 aliphatic carbocycles. The molecule has 0 saturated carbocycles. The van der Waals surface area contributed by atoms with E-state index in [2.05, 4.69) is 10.6 Å². The third kappa shape index (κ3) is 2.58. The van der Waals surface area contributed by atoms with Crippen molar-refractivity contribution in [3.63, 3.8) is 0 Å². The Balaban J connectivity index is 1.86. The number of piperidine rings is 1. The molecule has 0 radical (unpaired) electrons. The minimum Gasteiger partial charge on any atom is -0.451 e. The van der Waals surface area contributed by atoms with E-state index in [4.69, 9.17) is 4.42 Å². The van der Waals surface area contributed by atoms with Crippen LogP contribution in [-0.2, 0) is 0 Å². The molecule has 104 valence electrons. The van der Waals surface area contributed by atoms with Gasteiger partial charge in [0.25, 0.3) is 5.91 Å². The Hall–Kier alpha value is -2.14. The van der Waals surface area contributed by atoms with Crippen LogP contribution in [0.1, 0.15) is 23.4 Å². The van der Waals surface area contributed by atoms with Crippen LogP contribution in [0.4, 0.5) is 0 Å². The van der Waals surface area contributed by atoms with Gasteiger partial charge in [-0.3, -0.25) is 9.59 Å². The first-order chi connectivity index (χ1) is 9.74. The molecular weight excluding hydrogens is 256 g/mol. The molecule has 3 rings (SSSR count). The Morgan fingerprint density at radius 1 is 1.35 bits per heavy atom. The van der Waals surface area contributed by atoms with Gasteiger partial charge in [0.1, 0.15) is 5.58 Å². The second-order valence-electron chi connectivity index (χ2n) is 4.99. The van der Waals surface area contributed by atoms with Crippen molar-refractivity contribution in [3.05, 3.63) is 46.3 Å². The number of nitrogens with one attached hydrogen (secondary N) is 2. The van der Waals surface area contributed by atoms with Gasteiger partial charge in [0.2, 0.25) is 0 Å². The summed E-state index contributed by atoms with van der Waals surface area (Å²) in [5.41, 5.74) is 0.241. The summed E-state index contributed by atoms with van der Waals surface area (Å²) in [6.07, 6.45) is 1.98. The topological polar surface area (TPSA) is 71.3 Å². The van der Waals surface area contributed by atoms with E-state index in [0.717, 1.165) is 25.9 Å². The molecule has 1 aromatic carbocycles. The third-order valence-electron chi connectivity index (χ3n) is 3.49. The van der Waals surface area contributed by atoms with Crippen molar-refractivity contribution in [2.24, 2.45) is 0 Å². The summed E-state index contributed by atoms with van der Waals surface area (Å²) >= 11 is 0. The summed E-state index contributed by atoms with van der Waals surface area (Å²) in [4.78, 5) is 24.1. The molecule has 1 fully saturated rings. The van der Waals surface area contributed by atoms with Crippen LogP contribution < -0.4 is 16.1 Å². The number of rotatable bonds is 2. The van der Waals surface area contributed by atoms with E-state index in [1.54, 1.807) is 24.3 Å². The SMILES string of the molecule is O=C(N[C@H]1CCCNC1)c1cc(=O)c2ccccc2o1. The molecule has 2 N–H and O–H groups in total.